The fourth-order valence-corrected chi connectivity index (χ4v) is 1.43. The van der Waals surface area contributed by atoms with Crippen LogP contribution in [0.1, 0.15) is 20.8 Å². The van der Waals surface area contributed by atoms with E-state index in [0.29, 0.717) is 11.4 Å². The number of benzene rings is 1. The molecule has 0 heterocycles. The predicted molar refractivity (Wildman–Crippen MR) is 78.7 cm³/mol. The van der Waals surface area contributed by atoms with Crippen molar-refractivity contribution in [3.63, 3.8) is 0 Å². The minimum Gasteiger partial charge on any atom is -0.394 e. The minimum atomic E-state index is -0.871. The number of nitrogens with one attached hydrogen (secondary N) is 3. The van der Waals surface area contributed by atoms with Gasteiger partial charge in [-0.2, -0.15) is 0 Å². The van der Waals surface area contributed by atoms with Gasteiger partial charge in [-0.05, 0) is 38.1 Å². The first-order valence-electron chi connectivity index (χ1n) is 6.35. The van der Waals surface area contributed by atoms with E-state index in [9.17, 15) is 14.4 Å². The van der Waals surface area contributed by atoms with Crippen molar-refractivity contribution in [2.24, 2.45) is 0 Å². The zero-order chi connectivity index (χ0) is 16.0. The summed E-state index contributed by atoms with van der Waals surface area (Å²) >= 11 is 0. The van der Waals surface area contributed by atoms with Crippen molar-refractivity contribution in [1.29, 1.82) is 0 Å². The molecular formula is C14H19N3O4. The van der Waals surface area contributed by atoms with Crippen LogP contribution in [0.4, 0.5) is 11.4 Å². The molecule has 0 aliphatic rings. The van der Waals surface area contributed by atoms with Gasteiger partial charge in [0.25, 0.3) is 0 Å². The standard InChI is InChI=1S/C14H19N3O4/c1-9(19)15-10-4-6-11(7-5-10)16-12(20)13(21)17-14(2,3)8-18/h4-7,18H,8H2,1-3H3,(H,15,19)(H,16,20)(H,17,21). The summed E-state index contributed by atoms with van der Waals surface area (Å²) in [5, 5.41) is 16.5. The molecule has 114 valence electrons. The Hall–Kier alpha value is -2.41. The van der Waals surface area contributed by atoms with Gasteiger partial charge in [0.15, 0.2) is 0 Å². The summed E-state index contributed by atoms with van der Waals surface area (Å²) in [5.74, 6) is -1.86. The lowest BCUT2D eigenvalue weighted by atomic mass is 10.1. The molecule has 1 rings (SSSR count). The van der Waals surface area contributed by atoms with E-state index >= 15 is 0 Å². The van der Waals surface area contributed by atoms with Crippen LogP contribution in [-0.4, -0.2) is 35.0 Å². The van der Waals surface area contributed by atoms with Gasteiger partial charge in [-0.15, -0.1) is 0 Å². The van der Waals surface area contributed by atoms with E-state index in [2.05, 4.69) is 16.0 Å². The van der Waals surface area contributed by atoms with E-state index in [1.54, 1.807) is 38.1 Å². The van der Waals surface area contributed by atoms with Crippen LogP contribution in [0.3, 0.4) is 0 Å². The molecule has 0 atom stereocenters. The first kappa shape index (κ1) is 16.6. The fourth-order valence-electron chi connectivity index (χ4n) is 1.43. The second-order valence-electron chi connectivity index (χ2n) is 5.21. The highest BCUT2D eigenvalue weighted by molar-refractivity contribution is 6.39. The number of rotatable bonds is 4. The number of aliphatic hydroxyl groups excluding tert-OH is 1. The largest absolute Gasteiger partial charge is 0.394 e. The van der Waals surface area contributed by atoms with E-state index in [1.807, 2.05) is 0 Å². The van der Waals surface area contributed by atoms with Gasteiger partial charge in [-0.25, -0.2) is 0 Å². The summed E-state index contributed by atoms with van der Waals surface area (Å²) in [7, 11) is 0. The molecule has 0 fully saturated rings. The SMILES string of the molecule is CC(=O)Nc1ccc(NC(=O)C(=O)NC(C)(C)CO)cc1. The molecule has 0 aliphatic carbocycles. The van der Waals surface area contributed by atoms with Crippen molar-refractivity contribution in [3.8, 4) is 0 Å². The normalized spacial score (nSPS) is 10.7. The van der Waals surface area contributed by atoms with Crippen molar-refractivity contribution >= 4 is 29.1 Å². The van der Waals surface area contributed by atoms with E-state index in [1.165, 1.54) is 6.92 Å². The molecule has 0 aliphatic heterocycles. The zero-order valence-electron chi connectivity index (χ0n) is 12.2. The molecule has 1 aromatic carbocycles. The molecule has 0 saturated heterocycles. The Morgan fingerprint density at radius 1 is 1.00 bits per heavy atom. The van der Waals surface area contributed by atoms with Crippen LogP contribution in [0, 0.1) is 0 Å². The lowest BCUT2D eigenvalue weighted by Crippen LogP contribution is -2.50. The van der Waals surface area contributed by atoms with Gasteiger partial charge in [0.05, 0.1) is 12.1 Å². The van der Waals surface area contributed by atoms with Gasteiger partial charge in [-0.1, -0.05) is 0 Å². The molecule has 0 spiro atoms. The van der Waals surface area contributed by atoms with Crippen molar-refractivity contribution in [1.82, 2.24) is 5.32 Å². The van der Waals surface area contributed by atoms with Crippen molar-refractivity contribution in [3.05, 3.63) is 24.3 Å². The number of hydrogen-bond acceptors (Lipinski definition) is 4. The maximum atomic E-state index is 11.7. The van der Waals surface area contributed by atoms with Gasteiger partial charge >= 0.3 is 11.8 Å². The van der Waals surface area contributed by atoms with Gasteiger partial charge in [0.1, 0.15) is 0 Å². The summed E-state index contributed by atoms with van der Waals surface area (Å²) in [6.45, 7) is 4.31. The molecular weight excluding hydrogens is 274 g/mol. The fraction of sp³-hybridized carbons (Fsp3) is 0.357. The summed E-state index contributed by atoms with van der Waals surface area (Å²) in [6, 6.07) is 6.33. The van der Waals surface area contributed by atoms with E-state index in [4.69, 9.17) is 5.11 Å². The molecule has 21 heavy (non-hydrogen) atoms. The van der Waals surface area contributed by atoms with Crippen molar-refractivity contribution < 1.29 is 19.5 Å². The average Bonchev–Trinajstić information content (AvgIpc) is 2.40. The molecule has 0 aromatic heterocycles. The minimum absolute atomic E-state index is 0.197. The Morgan fingerprint density at radius 3 is 1.90 bits per heavy atom. The predicted octanol–water partition coefficient (Wildman–Crippen LogP) is 0.471. The van der Waals surface area contributed by atoms with E-state index in [0.717, 1.165) is 0 Å². The Morgan fingerprint density at radius 2 is 1.48 bits per heavy atom. The van der Waals surface area contributed by atoms with Crippen LogP contribution < -0.4 is 16.0 Å². The number of amides is 3. The number of aliphatic hydroxyl groups is 1. The second-order valence-corrected chi connectivity index (χ2v) is 5.21. The van der Waals surface area contributed by atoms with Crippen molar-refractivity contribution in [2.45, 2.75) is 26.3 Å². The maximum absolute atomic E-state index is 11.7. The average molecular weight is 293 g/mol. The van der Waals surface area contributed by atoms with Crippen LogP contribution in [-0.2, 0) is 14.4 Å². The lowest BCUT2D eigenvalue weighted by molar-refractivity contribution is -0.137. The molecule has 7 nitrogen and oxygen atoms in total. The molecule has 4 N–H and O–H groups in total. The third-order valence-electron chi connectivity index (χ3n) is 2.52. The lowest BCUT2D eigenvalue weighted by Gasteiger charge is -2.22. The van der Waals surface area contributed by atoms with Crippen LogP contribution >= 0.6 is 0 Å². The molecule has 0 unspecified atom stereocenters. The highest BCUT2D eigenvalue weighted by atomic mass is 16.3. The van der Waals surface area contributed by atoms with Gasteiger partial charge in [0.2, 0.25) is 5.91 Å². The number of carbonyl (C=O) groups excluding carboxylic acids is 3. The summed E-state index contributed by atoms with van der Waals surface area (Å²) in [5.41, 5.74) is 0.140. The second kappa shape index (κ2) is 6.85. The van der Waals surface area contributed by atoms with E-state index in [-0.39, 0.29) is 12.5 Å². The summed E-state index contributed by atoms with van der Waals surface area (Å²) in [4.78, 5) is 34.2. The van der Waals surface area contributed by atoms with Crippen LogP contribution in [0.25, 0.3) is 0 Å². The van der Waals surface area contributed by atoms with Crippen LogP contribution in [0.15, 0.2) is 24.3 Å². The molecule has 7 heteroatoms. The third-order valence-corrected chi connectivity index (χ3v) is 2.52. The highest BCUT2D eigenvalue weighted by Crippen LogP contribution is 2.13. The first-order chi connectivity index (χ1) is 9.73. The Balaban J connectivity index is 2.62. The van der Waals surface area contributed by atoms with Crippen molar-refractivity contribution in [2.75, 3.05) is 17.2 Å². The third kappa shape index (κ3) is 5.62. The Kier molecular flexibility index (Phi) is 5.43. The van der Waals surface area contributed by atoms with Gasteiger partial charge in [0, 0.05) is 18.3 Å². The molecule has 0 saturated carbocycles. The van der Waals surface area contributed by atoms with Crippen LogP contribution in [0.5, 0.6) is 0 Å². The molecule has 0 bridgehead atoms. The number of hydrogen-bond donors (Lipinski definition) is 4. The van der Waals surface area contributed by atoms with Gasteiger partial charge in [-0.3, -0.25) is 14.4 Å². The summed E-state index contributed by atoms with van der Waals surface area (Å²) in [6.07, 6.45) is 0. The zero-order valence-corrected chi connectivity index (χ0v) is 12.2. The molecule has 0 radical (unpaired) electrons. The summed E-state index contributed by atoms with van der Waals surface area (Å²) < 4.78 is 0. The maximum Gasteiger partial charge on any atom is 0.313 e. The van der Waals surface area contributed by atoms with Gasteiger partial charge < -0.3 is 21.1 Å². The number of carbonyl (C=O) groups is 3. The molecule has 3 amide bonds. The van der Waals surface area contributed by atoms with E-state index < -0.39 is 17.4 Å². The van der Waals surface area contributed by atoms with Crippen LogP contribution in [0.2, 0.25) is 0 Å². The first-order valence-corrected chi connectivity index (χ1v) is 6.35. The molecule has 1 aromatic rings. The highest BCUT2D eigenvalue weighted by Gasteiger charge is 2.23. The number of anilines is 2. The topological polar surface area (TPSA) is 108 Å². The smallest absolute Gasteiger partial charge is 0.313 e. The Bertz CT molecular complexity index is 538. The monoisotopic (exact) mass is 293 g/mol. The quantitative estimate of drug-likeness (QED) is 0.605. The Labute approximate surface area is 122 Å².